The van der Waals surface area contributed by atoms with Crippen LogP contribution in [0.5, 0.6) is 0 Å². The molecule has 0 heterocycles. The summed E-state index contributed by atoms with van der Waals surface area (Å²) in [4.78, 5) is 11.2. The maximum absolute atomic E-state index is 12.1. The molecular formula is C12H18ClN3O4S. The fraction of sp³-hybridized carbons (Fsp3) is 0.417. The highest BCUT2D eigenvalue weighted by Gasteiger charge is 2.20. The third-order valence-corrected chi connectivity index (χ3v) is 4.54. The fourth-order valence-electron chi connectivity index (χ4n) is 1.56. The first-order chi connectivity index (χ1) is 9.88. The molecule has 4 N–H and O–H groups in total. The summed E-state index contributed by atoms with van der Waals surface area (Å²) in [5.41, 5.74) is 5.68. The summed E-state index contributed by atoms with van der Waals surface area (Å²) < 4.78 is 31.3. The Hall–Kier alpha value is -1.35. The number of benzene rings is 1. The lowest BCUT2D eigenvalue weighted by Gasteiger charge is -2.10. The summed E-state index contributed by atoms with van der Waals surface area (Å²) in [6.07, 6.45) is 0.00724. The maximum atomic E-state index is 12.1. The first-order valence-electron chi connectivity index (χ1n) is 6.17. The number of nitrogens with two attached hydrogens (primary N) is 1. The second kappa shape index (κ2) is 8.18. The van der Waals surface area contributed by atoms with E-state index < -0.39 is 10.0 Å². The number of nitrogen functional groups attached to an aromatic ring is 1. The van der Waals surface area contributed by atoms with Crippen molar-refractivity contribution in [3.63, 3.8) is 0 Å². The van der Waals surface area contributed by atoms with Crippen molar-refractivity contribution in [1.29, 1.82) is 0 Å². The number of hydrogen-bond acceptors (Lipinski definition) is 5. The molecule has 0 saturated heterocycles. The van der Waals surface area contributed by atoms with Gasteiger partial charge in [0.25, 0.3) is 0 Å². The van der Waals surface area contributed by atoms with Gasteiger partial charge in [0.1, 0.15) is 4.90 Å². The average Bonchev–Trinajstić information content (AvgIpc) is 2.38. The van der Waals surface area contributed by atoms with E-state index in [0.717, 1.165) is 0 Å². The number of halogens is 1. The quantitative estimate of drug-likeness (QED) is 0.469. The van der Waals surface area contributed by atoms with Crippen LogP contribution in [0.1, 0.15) is 6.42 Å². The second-order valence-corrected chi connectivity index (χ2v) is 6.26. The molecule has 0 aliphatic heterocycles. The van der Waals surface area contributed by atoms with Crippen molar-refractivity contribution >= 4 is 33.2 Å². The van der Waals surface area contributed by atoms with E-state index in [1.165, 1.54) is 19.2 Å². The predicted octanol–water partition coefficient (Wildman–Crippen LogP) is 0.353. The highest BCUT2D eigenvalue weighted by Crippen LogP contribution is 2.26. The lowest BCUT2D eigenvalue weighted by Crippen LogP contribution is -2.32. The van der Waals surface area contributed by atoms with Crippen LogP contribution in [0.3, 0.4) is 0 Å². The first-order valence-corrected chi connectivity index (χ1v) is 8.04. The van der Waals surface area contributed by atoms with Crippen LogP contribution >= 0.6 is 11.6 Å². The summed E-state index contributed by atoms with van der Waals surface area (Å²) in [5.74, 6) is -0.276. The van der Waals surface area contributed by atoms with E-state index in [-0.39, 0.29) is 34.5 Å². The van der Waals surface area contributed by atoms with E-state index >= 15 is 0 Å². The Morgan fingerprint density at radius 1 is 1.38 bits per heavy atom. The van der Waals surface area contributed by atoms with Crippen molar-refractivity contribution in [3.8, 4) is 0 Å². The van der Waals surface area contributed by atoms with Crippen molar-refractivity contribution in [2.45, 2.75) is 11.3 Å². The van der Waals surface area contributed by atoms with E-state index in [0.29, 0.717) is 13.2 Å². The maximum Gasteiger partial charge on any atom is 0.244 e. The molecule has 0 fully saturated rings. The summed E-state index contributed by atoms with van der Waals surface area (Å²) >= 11 is 5.85. The number of sulfonamides is 1. The van der Waals surface area contributed by atoms with Crippen LogP contribution in [0.15, 0.2) is 23.1 Å². The minimum atomic E-state index is -3.85. The topological polar surface area (TPSA) is 111 Å². The van der Waals surface area contributed by atoms with Crippen LogP contribution in [0.25, 0.3) is 0 Å². The van der Waals surface area contributed by atoms with Gasteiger partial charge in [0.05, 0.1) is 17.3 Å². The summed E-state index contributed by atoms with van der Waals surface area (Å²) in [6, 6.07) is 4.43. The molecule has 1 aromatic rings. The highest BCUT2D eigenvalue weighted by molar-refractivity contribution is 7.89. The number of anilines is 1. The van der Waals surface area contributed by atoms with Crippen molar-refractivity contribution in [1.82, 2.24) is 10.0 Å². The van der Waals surface area contributed by atoms with Gasteiger partial charge in [-0.25, -0.2) is 13.1 Å². The van der Waals surface area contributed by atoms with Crippen LogP contribution in [0.2, 0.25) is 5.02 Å². The molecule has 0 radical (unpaired) electrons. The minimum Gasteiger partial charge on any atom is -0.398 e. The number of rotatable bonds is 8. The Balaban J connectivity index is 2.56. The van der Waals surface area contributed by atoms with Crippen LogP contribution in [0, 0.1) is 0 Å². The molecule has 0 aliphatic carbocycles. The normalized spacial score (nSPS) is 11.3. The molecule has 1 amide bonds. The zero-order chi connectivity index (χ0) is 15.9. The largest absolute Gasteiger partial charge is 0.398 e. The Morgan fingerprint density at radius 2 is 2.10 bits per heavy atom. The second-order valence-electron chi connectivity index (χ2n) is 4.15. The van der Waals surface area contributed by atoms with Crippen molar-refractivity contribution in [2.75, 3.05) is 32.5 Å². The van der Waals surface area contributed by atoms with Crippen LogP contribution in [-0.2, 0) is 19.6 Å². The number of carbonyl (C=O) groups is 1. The van der Waals surface area contributed by atoms with Gasteiger partial charge in [-0.05, 0) is 12.1 Å². The number of ether oxygens (including phenoxy) is 1. The third kappa shape index (κ3) is 5.50. The van der Waals surface area contributed by atoms with Gasteiger partial charge in [0.2, 0.25) is 15.9 Å². The molecule has 0 unspecified atom stereocenters. The Labute approximate surface area is 128 Å². The molecule has 0 saturated carbocycles. The highest BCUT2D eigenvalue weighted by atomic mass is 35.5. The van der Waals surface area contributed by atoms with Gasteiger partial charge in [0.15, 0.2) is 0 Å². The Bertz CT molecular complexity index is 572. The summed E-state index contributed by atoms with van der Waals surface area (Å²) in [6.45, 7) is 0.721. The van der Waals surface area contributed by atoms with E-state index in [9.17, 15) is 13.2 Å². The lowest BCUT2D eigenvalue weighted by molar-refractivity contribution is -0.121. The van der Waals surface area contributed by atoms with Gasteiger partial charge in [-0.2, -0.15) is 0 Å². The van der Waals surface area contributed by atoms with Crippen LogP contribution < -0.4 is 15.8 Å². The average molecular weight is 336 g/mol. The molecule has 0 aliphatic rings. The van der Waals surface area contributed by atoms with Crippen molar-refractivity contribution in [3.05, 3.63) is 23.2 Å². The van der Waals surface area contributed by atoms with Gasteiger partial charge in [0, 0.05) is 26.6 Å². The molecule has 118 valence electrons. The van der Waals surface area contributed by atoms with Gasteiger partial charge in [-0.1, -0.05) is 17.7 Å². The van der Waals surface area contributed by atoms with E-state index in [4.69, 9.17) is 22.1 Å². The van der Waals surface area contributed by atoms with E-state index in [2.05, 4.69) is 10.0 Å². The third-order valence-electron chi connectivity index (χ3n) is 2.54. The summed E-state index contributed by atoms with van der Waals surface area (Å²) in [5, 5.41) is 2.62. The van der Waals surface area contributed by atoms with E-state index in [1.807, 2.05) is 0 Å². The molecule has 0 spiro atoms. The van der Waals surface area contributed by atoms with Crippen molar-refractivity contribution < 1.29 is 17.9 Å². The SMILES string of the molecule is COCCNC(=O)CCNS(=O)(=O)c1c(N)cccc1Cl. The number of carbonyl (C=O) groups excluding carboxylic acids is 1. The van der Waals surface area contributed by atoms with Gasteiger partial charge in [-0.3, -0.25) is 4.79 Å². The molecule has 1 rings (SSSR count). The molecule has 0 bridgehead atoms. The molecule has 7 nitrogen and oxygen atoms in total. The fourth-order valence-corrected chi connectivity index (χ4v) is 3.27. The van der Waals surface area contributed by atoms with Gasteiger partial charge >= 0.3 is 0 Å². The zero-order valence-electron chi connectivity index (χ0n) is 11.6. The minimum absolute atomic E-state index is 0.00724. The zero-order valence-corrected chi connectivity index (χ0v) is 13.1. The first kappa shape index (κ1) is 17.7. The van der Waals surface area contributed by atoms with Crippen molar-refractivity contribution in [2.24, 2.45) is 0 Å². The number of nitrogens with one attached hydrogen (secondary N) is 2. The van der Waals surface area contributed by atoms with E-state index in [1.54, 1.807) is 6.07 Å². The van der Waals surface area contributed by atoms with Gasteiger partial charge in [-0.15, -0.1) is 0 Å². The summed E-state index contributed by atoms with van der Waals surface area (Å²) in [7, 11) is -2.33. The monoisotopic (exact) mass is 335 g/mol. The molecule has 0 atom stereocenters. The molecule has 0 aromatic heterocycles. The van der Waals surface area contributed by atoms with Crippen LogP contribution in [0.4, 0.5) is 5.69 Å². The molecule has 9 heteroatoms. The lowest BCUT2D eigenvalue weighted by atomic mass is 10.3. The standard InChI is InChI=1S/C12H18ClN3O4S/c1-20-8-7-15-11(17)5-6-16-21(18,19)12-9(13)3-2-4-10(12)14/h2-4,16H,5-8,14H2,1H3,(H,15,17). The van der Waals surface area contributed by atoms with Crippen LogP contribution in [-0.4, -0.2) is 41.1 Å². The van der Waals surface area contributed by atoms with Gasteiger partial charge < -0.3 is 15.8 Å². The Kier molecular flexibility index (Phi) is 6.90. The smallest absolute Gasteiger partial charge is 0.244 e. The predicted molar refractivity (Wildman–Crippen MR) is 80.6 cm³/mol. The molecule has 1 aromatic carbocycles. The molecular weight excluding hydrogens is 318 g/mol. The Morgan fingerprint density at radius 3 is 2.71 bits per heavy atom. The molecule has 21 heavy (non-hydrogen) atoms. The number of methoxy groups -OCH3 is 1. The number of hydrogen-bond donors (Lipinski definition) is 3. The number of amides is 1.